The van der Waals surface area contributed by atoms with Crippen molar-refractivity contribution in [3.8, 4) is 5.69 Å². The molecule has 24 heavy (non-hydrogen) atoms. The minimum atomic E-state index is -0.929. The standard InChI is InChI=1S/C18H25N3O2S/c1-13-10-14(2)21(19-13)16-7-5-6-15(11-16)12-20(3)18(23)17(22)8-9-24-4/h5-7,10-11,17,22H,8-9,12H2,1-4H3. The fourth-order valence-corrected chi connectivity index (χ4v) is 3.09. The van der Waals surface area contributed by atoms with Crippen LogP contribution in [0.4, 0.5) is 0 Å². The van der Waals surface area contributed by atoms with Crippen LogP contribution in [0.25, 0.3) is 5.69 Å². The number of amides is 1. The molecule has 0 aliphatic carbocycles. The molecule has 1 heterocycles. The zero-order chi connectivity index (χ0) is 17.7. The van der Waals surface area contributed by atoms with Gasteiger partial charge in [0, 0.05) is 19.3 Å². The highest BCUT2D eigenvalue weighted by molar-refractivity contribution is 7.98. The Hall–Kier alpha value is -1.79. The first kappa shape index (κ1) is 18.5. The molecule has 2 aromatic rings. The van der Waals surface area contributed by atoms with Gasteiger partial charge in [0.2, 0.25) is 0 Å². The number of likely N-dealkylation sites (N-methyl/N-ethyl adjacent to an activating group) is 1. The highest BCUT2D eigenvalue weighted by Crippen LogP contribution is 2.15. The van der Waals surface area contributed by atoms with Gasteiger partial charge in [0.05, 0.1) is 11.4 Å². The first-order valence-corrected chi connectivity index (χ1v) is 9.36. The van der Waals surface area contributed by atoms with Crippen LogP contribution in [0, 0.1) is 13.8 Å². The van der Waals surface area contributed by atoms with Gasteiger partial charge in [-0.05, 0) is 56.0 Å². The van der Waals surface area contributed by atoms with E-state index in [4.69, 9.17) is 0 Å². The monoisotopic (exact) mass is 347 g/mol. The zero-order valence-corrected chi connectivity index (χ0v) is 15.5. The van der Waals surface area contributed by atoms with Crippen molar-refractivity contribution in [1.82, 2.24) is 14.7 Å². The second-order valence-electron chi connectivity index (χ2n) is 6.00. The largest absolute Gasteiger partial charge is 0.383 e. The van der Waals surface area contributed by atoms with E-state index >= 15 is 0 Å². The Balaban J connectivity index is 2.09. The van der Waals surface area contributed by atoms with E-state index in [0.717, 1.165) is 28.4 Å². The van der Waals surface area contributed by atoms with Crippen molar-refractivity contribution in [2.45, 2.75) is 32.9 Å². The Bertz CT molecular complexity index is 699. The summed E-state index contributed by atoms with van der Waals surface area (Å²) in [5.74, 6) is 0.536. The van der Waals surface area contributed by atoms with E-state index in [9.17, 15) is 9.90 Å². The van der Waals surface area contributed by atoms with Gasteiger partial charge >= 0.3 is 0 Å². The molecule has 0 aliphatic heterocycles. The maximum absolute atomic E-state index is 12.2. The molecule has 1 aromatic heterocycles. The van der Waals surface area contributed by atoms with Crippen LogP contribution < -0.4 is 0 Å². The van der Waals surface area contributed by atoms with Gasteiger partial charge in [0.25, 0.3) is 5.91 Å². The molecule has 130 valence electrons. The number of benzene rings is 1. The fraction of sp³-hybridized carbons (Fsp3) is 0.444. The molecule has 1 unspecified atom stereocenters. The molecule has 0 fully saturated rings. The molecule has 0 radical (unpaired) electrons. The molecular formula is C18H25N3O2S. The predicted octanol–water partition coefficient (Wildman–Crippen LogP) is 2.56. The molecule has 0 saturated carbocycles. The van der Waals surface area contributed by atoms with Crippen LogP contribution in [0.3, 0.4) is 0 Å². The number of carbonyl (C=O) groups is 1. The van der Waals surface area contributed by atoms with E-state index in [2.05, 4.69) is 5.10 Å². The number of hydrogen-bond acceptors (Lipinski definition) is 4. The Morgan fingerprint density at radius 1 is 1.38 bits per heavy atom. The van der Waals surface area contributed by atoms with E-state index in [1.807, 2.05) is 55.1 Å². The molecule has 0 saturated heterocycles. The number of aliphatic hydroxyl groups is 1. The number of nitrogens with zero attached hydrogens (tertiary/aromatic N) is 3. The summed E-state index contributed by atoms with van der Waals surface area (Å²) >= 11 is 1.63. The van der Waals surface area contributed by atoms with Gasteiger partial charge in [-0.25, -0.2) is 4.68 Å². The Labute approximate surface area is 147 Å². The van der Waals surface area contributed by atoms with E-state index in [-0.39, 0.29) is 5.91 Å². The van der Waals surface area contributed by atoms with Crippen LogP contribution in [0.2, 0.25) is 0 Å². The lowest BCUT2D eigenvalue weighted by Gasteiger charge is -2.21. The highest BCUT2D eigenvalue weighted by atomic mass is 32.2. The van der Waals surface area contributed by atoms with Gasteiger partial charge in [-0.3, -0.25) is 4.79 Å². The molecule has 1 N–H and O–H groups in total. The fourth-order valence-electron chi connectivity index (χ4n) is 2.64. The van der Waals surface area contributed by atoms with Crippen LogP contribution >= 0.6 is 11.8 Å². The molecule has 5 nitrogen and oxygen atoms in total. The normalized spacial score (nSPS) is 12.2. The lowest BCUT2D eigenvalue weighted by molar-refractivity contribution is -0.139. The van der Waals surface area contributed by atoms with Crippen molar-refractivity contribution in [2.75, 3.05) is 19.1 Å². The van der Waals surface area contributed by atoms with Crippen LogP contribution in [0.5, 0.6) is 0 Å². The second kappa shape index (κ2) is 8.35. The first-order valence-electron chi connectivity index (χ1n) is 7.97. The smallest absolute Gasteiger partial charge is 0.251 e. The topological polar surface area (TPSA) is 58.4 Å². The Kier molecular flexibility index (Phi) is 6.45. The number of hydrogen-bond donors (Lipinski definition) is 1. The maximum Gasteiger partial charge on any atom is 0.251 e. The Morgan fingerprint density at radius 2 is 2.12 bits per heavy atom. The summed E-state index contributed by atoms with van der Waals surface area (Å²) in [4.78, 5) is 13.8. The Morgan fingerprint density at radius 3 is 2.75 bits per heavy atom. The molecule has 0 spiro atoms. The van der Waals surface area contributed by atoms with Crippen molar-refractivity contribution >= 4 is 17.7 Å². The van der Waals surface area contributed by atoms with Gasteiger partial charge in [-0.2, -0.15) is 16.9 Å². The average molecular weight is 347 g/mol. The van der Waals surface area contributed by atoms with E-state index in [1.165, 1.54) is 0 Å². The molecular weight excluding hydrogens is 322 g/mol. The van der Waals surface area contributed by atoms with Crippen molar-refractivity contribution in [2.24, 2.45) is 0 Å². The van der Waals surface area contributed by atoms with Crippen LogP contribution in [-0.2, 0) is 11.3 Å². The highest BCUT2D eigenvalue weighted by Gasteiger charge is 2.19. The lowest BCUT2D eigenvalue weighted by atomic mass is 10.1. The number of thioether (sulfide) groups is 1. The van der Waals surface area contributed by atoms with E-state index in [0.29, 0.717) is 13.0 Å². The molecule has 1 amide bonds. The number of rotatable bonds is 7. The molecule has 1 aromatic carbocycles. The average Bonchev–Trinajstić information content (AvgIpc) is 2.90. The minimum absolute atomic E-state index is 0.236. The van der Waals surface area contributed by atoms with Gasteiger partial charge in [-0.1, -0.05) is 12.1 Å². The van der Waals surface area contributed by atoms with Crippen LogP contribution in [0.15, 0.2) is 30.3 Å². The number of aryl methyl sites for hydroxylation is 2. The number of carbonyl (C=O) groups excluding carboxylic acids is 1. The summed E-state index contributed by atoms with van der Waals surface area (Å²) in [7, 11) is 1.72. The number of aromatic nitrogens is 2. The van der Waals surface area contributed by atoms with Crippen molar-refractivity contribution in [3.63, 3.8) is 0 Å². The molecule has 0 bridgehead atoms. The summed E-state index contributed by atoms with van der Waals surface area (Å²) in [6.45, 7) is 4.45. The molecule has 0 aliphatic rings. The first-order chi connectivity index (χ1) is 11.4. The van der Waals surface area contributed by atoms with Crippen LogP contribution in [0.1, 0.15) is 23.4 Å². The third kappa shape index (κ3) is 4.61. The summed E-state index contributed by atoms with van der Waals surface area (Å²) in [6, 6.07) is 10.00. The van der Waals surface area contributed by atoms with Gasteiger partial charge in [-0.15, -0.1) is 0 Å². The third-order valence-electron chi connectivity index (χ3n) is 3.84. The van der Waals surface area contributed by atoms with Crippen LogP contribution in [-0.4, -0.2) is 50.9 Å². The second-order valence-corrected chi connectivity index (χ2v) is 6.99. The summed E-state index contributed by atoms with van der Waals surface area (Å²) in [5, 5.41) is 14.4. The quantitative estimate of drug-likeness (QED) is 0.836. The summed E-state index contributed by atoms with van der Waals surface area (Å²) in [5.41, 5.74) is 4.03. The summed E-state index contributed by atoms with van der Waals surface area (Å²) < 4.78 is 1.90. The predicted molar refractivity (Wildman–Crippen MR) is 98.5 cm³/mol. The van der Waals surface area contributed by atoms with Gasteiger partial charge < -0.3 is 10.0 Å². The maximum atomic E-state index is 12.2. The molecule has 6 heteroatoms. The lowest BCUT2D eigenvalue weighted by Crippen LogP contribution is -2.36. The summed E-state index contributed by atoms with van der Waals surface area (Å²) in [6.07, 6.45) is 1.52. The van der Waals surface area contributed by atoms with Crippen molar-refractivity contribution in [3.05, 3.63) is 47.3 Å². The zero-order valence-electron chi connectivity index (χ0n) is 14.7. The SMILES string of the molecule is CSCCC(O)C(=O)N(C)Cc1cccc(-n2nc(C)cc2C)c1. The molecule has 2 rings (SSSR count). The third-order valence-corrected chi connectivity index (χ3v) is 4.49. The van der Waals surface area contributed by atoms with Crippen molar-refractivity contribution < 1.29 is 9.90 Å². The van der Waals surface area contributed by atoms with Gasteiger partial charge in [0.15, 0.2) is 0 Å². The number of aliphatic hydroxyl groups excluding tert-OH is 1. The minimum Gasteiger partial charge on any atom is -0.383 e. The van der Waals surface area contributed by atoms with E-state index in [1.54, 1.807) is 23.7 Å². The van der Waals surface area contributed by atoms with Crippen molar-refractivity contribution in [1.29, 1.82) is 0 Å². The van der Waals surface area contributed by atoms with Gasteiger partial charge in [0.1, 0.15) is 6.10 Å². The molecule has 1 atom stereocenters. The van der Waals surface area contributed by atoms with E-state index < -0.39 is 6.10 Å².